The SMILES string of the molecule is COC[C@H](C)Oc1cc(Oc2ccc(-c3nnc(C)s3)cc2F)cc(-c2ccc(-c3nccs3)[nH]2)c1. The van der Waals surface area contributed by atoms with Crippen LogP contribution in [0.15, 0.2) is 60.1 Å². The number of nitrogens with one attached hydrogen (secondary N) is 1. The zero-order valence-corrected chi connectivity index (χ0v) is 21.5. The van der Waals surface area contributed by atoms with Crippen molar-refractivity contribution in [3.8, 4) is 49.8 Å². The van der Waals surface area contributed by atoms with Crippen molar-refractivity contribution < 1.29 is 18.6 Å². The molecule has 0 unspecified atom stereocenters. The average Bonchev–Trinajstić information content (AvgIpc) is 3.62. The van der Waals surface area contributed by atoms with Crippen LogP contribution in [0.25, 0.3) is 32.5 Å². The van der Waals surface area contributed by atoms with E-state index in [1.165, 1.54) is 17.4 Å². The lowest BCUT2D eigenvalue weighted by Crippen LogP contribution is -2.17. The maximum atomic E-state index is 15.0. The molecule has 0 radical (unpaired) electrons. The maximum absolute atomic E-state index is 15.0. The van der Waals surface area contributed by atoms with Gasteiger partial charge in [0.15, 0.2) is 11.6 Å². The molecule has 0 aliphatic carbocycles. The number of H-pyrrole nitrogens is 1. The smallest absolute Gasteiger partial charge is 0.166 e. The average molecular weight is 523 g/mol. The fourth-order valence-corrected chi connectivity index (χ4v) is 4.96. The van der Waals surface area contributed by atoms with E-state index in [9.17, 15) is 4.39 Å². The Morgan fingerprint density at radius 1 is 0.972 bits per heavy atom. The van der Waals surface area contributed by atoms with Gasteiger partial charge in [-0.3, -0.25) is 0 Å². The molecule has 1 N–H and O–H groups in total. The van der Waals surface area contributed by atoms with Gasteiger partial charge in [-0.25, -0.2) is 9.37 Å². The summed E-state index contributed by atoms with van der Waals surface area (Å²) in [6.45, 7) is 4.21. The van der Waals surface area contributed by atoms with Crippen molar-refractivity contribution in [3.05, 3.63) is 70.9 Å². The van der Waals surface area contributed by atoms with Crippen molar-refractivity contribution in [1.29, 1.82) is 0 Å². The van der Waals surface area contributed by atoms with E-state index in [2.05, 4.69) is 20.2 Å². The standard InChI is InChI=1S/C26H23FN4O3S2/c1-15(14-32-3)33-19-10-18(22-5-6-23(29-22)26-28-8-9-35-26)11-20(13-19)34-24-7-4-17(12-21(24)27)25-31-30-16(2)36-25/h4-13,15,29H,14H2,1-3H3/t15-/m0/s1. The summed E-state index contributed by atoms with van der Waals surface area (Å²) in [4.78, 5) is 7.75. The Hall–Kier alpha value is -3.60. The first-order chi connectivity index (χ1) is 17.5. The Morgan fingerprint density at radius 2 is 1.81 bits per heavy atom. The van der Waals surface area contributed by atoms with Gasteiger partial charge in [-0.15, -0.1) is 21.5 Å². The molecule has 0 aliphatic rings. The van der Waals surface area contributed by atoms with Crippen molar-refractivity contribution in [3.63, 3.8) is 0 Å². The molecule has 5 aromatic rings. The summed E-state index contributed by atoms with van der Waals surface area (Å²) < 4.78 is 32.2. The minimum atomic E-state index is -0.494. The third kappa shape index (κ3) is 5.46. The van der Waals surface area contributed by atoms with Gasteiger partial charge in [0, 0.05) is 41.6 Å². The van der Waals surface area contributed by atoms with Crippen LogP contribution in [0.5, 0.6) is 17.2 Å². The lowest BCUT2D eigenvalue weighted by molar-refractivity contribution is 0.0920. The van der Waals surface area contributed by atoms with Gasteiger partial charge < -0.3 is 19.2 Å². The molecule has 36 heavy (non-hydrogen) atoms. The molecular formula is C26H23FN4O3S2. The van der Waals surface area contributed by atoms with Crippen LogP contribution in [0.3, 0.4) is 0 Å². The third-order valence-corrected chi connectivity index (χ3v) is 6.91. The zero-order chi connectivity index (χ0) is 25.1. The number of hydrogen-bond acceptors (Lipinski definition) is 8. The number of methoxy groups -OCH3 is 1. The number of halogens is 1. The number of nitrogens with zero attached hydrogens (tertiary/aromatic N) is 3. The van der Waals surface area contributed by atoms with Gasteiger partial charge in [0.25, 0.3) is 0 Å². The molecule has 1 atom stereocenters. The number of aromatic nitrogens is 4. The quantitative estimate of drug-likeness (QED) is 0.225. The van der Waals surface area contributed by atoms with Crippen LogP contribution in [0.4, 0.5) is 4.39 Å². The highest BCUT2D eigenvalue weighted by molar-refractivity contribution is 7.14. The van der Waals surface area contributed by atoms with Gasteiger partial charge in [0.2, 0.25) is 0 Å². The molecule has 0 saturated carbocycles. The second-order valence-corrected chi connectivity index (χ2v) is 10.1. The minimum absolute atomic E-state index is 0.1000. The predicted molar refractivity (Wildman–Crippen MR) is 139 cm³/mol. The van der Waals surface area contributed by atoms with Gasteiger partial charge in [-0.2, -0.15) is 0 Å². The van der Waals surface area contributed by atoms with Gasteiger partial charge in [0.1, 0.15) is 32.6 Å². The molecule has 0 saturated heterocycles. The van der Waals surface area contributed by atoms with Gasteiger partial charge in [-0.1, -0.05) is 11.3 Å². The Kier molecular flexibility index (Phi) is 7.08. The first-order valence-electron chi connectivity index (χ1n) is 11.2. The molecule has 0 spiro atoms. The Balaban J connectivity index is 1.46. The second kappa shape index (κ2) is 10.6. The summed E-state index contributed by atoms with van der Waals surface area (Å²) in [5.41, 5.74) is 3.25. The molecule has 0 aliphatic heterocycles. The molecule has 5 rings (SSSR count). The predicted octanol–water partition coefficient (Wildman–Crippen LogP) is 6.98. The van der Waals surface area contributed by atoms with Crippen LogP contribution in [0.2, 0.25) is 0 Å². The number of benzene rings is 2. The summed E-state index contributed by atoms with van der Waals surface area (Å²) in [5.74, 6) is 0.629. The molecule has 0 fully saturated rings. The third-order valence-electron chi connectivity index (χ3n) is 5.21. The molecule has 2 aromatic carbocycles. The van der Waals surface area contributed by atoms with Crippen molar-refractivity contribution in [1.82, 2.24) is 20.2 Å². The molecular weight excluding hydrogens is 499 g/mol. The van der Waals surface area contributed by atoms with Crippen molar-refractivity contribution >= 4 is 22.7 Å². The van der Waals surface area contributed by atoms with Gasteiger partial charge >= 0.3 is 0 Å². The van der Waals surface area contributed by atoms with Crippen molar-refractivity contribution in [2.24, 2.45) is 0 Å². The number of aromatic amines is 1. The van der Waals surface area contributed by atoms with Crippen LogP contribution in [-0.4, -0.2) is 40.0 Å². The van der Waals surface area contributed by atoms with Crippen molar-refractivity contribution in [2.45, 2.75) is 20.0 Å². The van der Waals surface area contributed by atoms with Crippen LogP contribution >= 0.6 is 22.7 Å². The van der Waals surface area contributed by atoms with E-state index in [1.807, 2.05) is 43.5 Å². The fourth-order valence-electron chi connectivity index (χ4n) is 3.66. The fraction of sp³-hybridized carbons (Fsp3) is 0.192. The molecule has 3 heterocycles. The highest BCUT2D eigenvalue weighted by Gasteiger charge is 2.14. The molecule has 7 nitrogen and oxygen atoms in total. The minimum Gasteiger partial charge on any atom is -0.488 e. The molecule has 0 bridgehead atoms. The Bertz CT molecular complexity index is 1470. The lowest BCUT2D eigenvalue weighted by Gasteiger charge is -2.16. The second-order valence-electron chi connectivity index (χ2n) is 8.07. The van der Waals surface area contributed by atoms with Crippen LogP contribution < -0.4 is 9.47 Å². The number of ether oxygens (including phenoxy) is 3. The number of thiazole rings is 1. The van der Waals surface area contributed by atoms with E-state index >= 15 is 0 Å². The van der Waals surface area contributed by atoms with E-state index < -0.39 is 5.82 Å². The maximum Gasteiger partial charge on any atom is 0.166 e. The largest absolute Gasteiger partial charge is 0.488 e. The summed E-state index contributed by atoms with van der Waals surface area (Å²) in [7, 11) is 1.62. The van der Waals surface area contributed by atoms with E-state index in [0.29, 0.717) is 28.7 Å². The van der Waals surface area contributed by atoms with Crippen LogP contribution in [-0.2, 0) is 4.74 Å². The Labute approximate surface area is 215 Å². The topological polar surface area (TPSA) is 82.2 Å². The van der Waals surface area contributed by atoms with E-state index in [1.54, 1.807) is 42.8 Å². The lowest BCUT2D eigenvalue weighted by atomic mass is 10.1. The highest BCUT2D eigenvalue weighted by atomic mass is 32.1. The summed E-state index contributed by atoms with van der Waals surface area (Å²) in [6.07, 6.45) is 1.59. The van der Waals surface area contributed by atoms with Gasteiger partial charge in [0.05, 0.1) is 12.3 Å². The molecule has 3 aromatic heterocycles. The first kappa shape index (κ1) is 24.1. The zero-order valence-electron chi connectivity index (χ0n) is 19.8. The van der Waals surface area contributed by atoms with Gasteiger partial charge in [-0.05, 0) is 56.3 Å². The number of hydrogen-bond donors (Lipinski definition) is 1. The normalized spacial score (nSPS) is 12.0. The first-order valence-corrected chi connectivity index (χ1v) is 12.9. The number of rotatable bonds is 9. The molecule has 10 heteroatoms. The van der Waals surface area contributed by atoms with Crippen LogP contribution in [0.1, 0.15) is 11.9 Å². The molecule has 0 amide bonds. The summed E-state index contributed by atoms with van der Waals surface area (Å²) in [6, 6.07) is 14.2. The van der Waals surface area contributed by atoms with Crippen LogP contribution in [0, 0.1) is 12.7 Å². The van der Waals surface area contributed by atoms with E-state index in [4.69, 9.17) is 14.2 Å². The monoisotopic (exact) mass is 522 g/mol. The van der Waals surface area contributed by atoms with Crippen molar-refractivity contribution in [2.75, 3.05) is 13.7 Å². The Morgan fingerprint density at radius 3 is 2.53 bits per heavy atom. The van der Waals surface area contributed by atoms with E-state index in [-0.39, 0.29) is 11.9 Å². The number of aryl methyl sites for hydroxylation is 1. The van der Waals surface area contributed by atoms with E-state index in [0.717, 1.165) is 27.0 Å². The summed E-state index contributed by atoms with van der Waals surface area (Å²) >= 11 is 2.96. The summed E-state index contributed by atoms with van der Waals surface area (Å²) in [5, 5.41) is 12.4. The highest BCUT2D eigenvalue weighted by Crippen LogP contribution is 2.36. The molecule has 184 valence electrons.